The van der Waals surface area contributed by atoms with E-state index < -0.39 is 6.04 Å². The van der Waals surface area contributed by atoms with Crippen LogP contribution in [0.4, 0.5) is 11.9 Å². The molecule has 0 unspecified atom stereocenters. The highest BCUT2D eigenvalue weighted by atomic mass is 16.2. The molecular weight excluding hydrogens is 284 g/mol. The van der Waals surface area contributed by atoms with Crippen LogP contribution in [-0.2, 0) is 9.59 Å². The third-order valence-electron chi connectivity index (χ3n) is 4.31. The van der Waals surface area contributed by atoms with Crippen LogP contribution < -0.4 is 10.2 Å². The van der Waals surface area contributed by atoms with E-state index in [1.807, 2.05) is 0 Å². The van der Waals surface area contributed by atoms with Crippen molar-refractivity contribution >= 4 is 23.7 Å². The number of amides is 2. The summed E-state index contributed by atoms with van der Waals surface area (Å²) in [5, 5.41) is 9.67. The second kappa shape index (κ2) is 6.33. The molecule has 0 spiro atoms. The lowest BCUT2D eigenvalue weighted by Gasteiger charge is -2.24. The van der Waals surface area contributed by atoms with Crippen LogP contribution in [0.1, 0.15) is 39.0 Å². The number of nitrogens with one attached hydrogen (secondary N) is 2. The van der Waals surface area contributed by atoms with E-state index in [9.17, 15) is 9.59 Å². The van der Waals surface area contributed by atoms with Crippen molar-refractivity contribution < 1.29 is 9.59 Å². The van der Waals surface area contributed by atoms with Gasteiger partial charge in [-0.1, -0.05) is 0 Å². The Morgan fingerprint density at radius 2 is 1.95 bits per heavy atom. The smallest absolute Gasteiger partial charge is 0.249 e. The summed E-state index contributed by atoms with van der Waals surface area (Å²) in [4.78, 5) is 31.9. The summed E-state index contributed by atoms with van der Waals surface area (Å²) in [5.74, 6) is 0.712. The monoisotopic (exact) mass is 306 g/mol. The number of anilines is 2. The Morgan fingerprint density at radius 3 is 2.68 bits per heavy atom. The van der Waals surface area contributed by atoms with Crippen LogP contribution in [-0.4, -0.2) is 57.6 Å². The minimum absolute atomic E-state index is 0.0655. The van der Waals surface area contributed by atoms with E-state index in [2.05, 4.69) is 25.4 Å². The summed E-state index contributed by atoms with van der Waals surface area (Å²) in [6, 6.07) is -0.402. The molecule has 1 aromatic rings. The molecule has 3 rings (SSSR count). The van der Waals surface area contributed by atoms with Crippen molar-refractivity contribution in [1.29, 1.82) is 0 Å². The van der Waals surface area contributed by atoms with Crippen molar-refractivity contribution in [2.75, 3.05) is 29.9 Å². The Kier molecular flexibility index (Phi) is 4.26. The van der Waals surface area contributed by atoms with Gasteiger partial charge < -0.3 is 9.80 Å². The molecule has 0 radical (unpaired) electrons. The highest BCUT2D eigenvalue weighted by Gasteiger charge is 2.32. The van der Waals surface area contributed by atoms with Crippen LogP contribution in [0, 0.1) is 0 Å². The Morgan fingerprint density at radius 1 is 1.18 bits per heavy atom. The van der Waals surface area contributed by atoms with E-state index in [-0.39, 0.29) is 11.8 Å². The maximum Gasteiger partial charge on any atom is 0.249 e. The Hall–Kier alpha value is -2.12. The molecule has 8 nitrogen and oxygen atoms in total. The fourth-order valence-electron chi connectivity index (χ4n) is 3.16. The van der Waals surface area contributed by atoms with Gasteiger partial charge in [-0.2, -0.15) is 4.98 Å². The molecule has 120 valence electrons. The molecule has 2 aliphatic rings. The van der Waals surface area contributed by atoms with Gasteiger partial charge >= 0.3 is 0 Å². The molecule has 1 atom stereocenters. The van der Waals surface area contributed by atoms with Gasteiger partial charge in [0.1, 0.15) is 6.04 Å². The molecule has 0 aromatic carbocycles. The van der Waals surface area contributed by atoms with Crippen molar-refractivity contribution in [2.24, 2.45) is 0 Å². The highest BCUT2D eigenvalue weighted by Crippen LogP contribution is 2.20. The first-order valence-corrected chi connectivity index (χ1v) is 7.90. The molecule has 2 fully saturated rings. The zero-order chi connectivity index (χ0) is 15.5. The lowest BCUT2D eigenvalue weighted by molar-refractivity contribution is -0.134. The zero-order valence-corrected chi connectivity index (χ0v) is 12.8. The lowest BCUT2D eigenvalue weighted by atomic mass is 10.1. The first kappa shape index (κ1) is 14.8. The topological polar surface area (TPSA) is 94.2 Å². The Balaban J connectivity index is 1.62. The average molecular weight is 306 g/mol. The largest absolute Gasteiger partial charge is 0.340 e. The number of carbonyl (C=O) groups excluding carboxylic acids is 2. The number of likely N-dealkylation sites (tertiary alicyclic amines) is 1. The number of aromatic amines is 1. The lowest BCUT2D eigenvalue weighted by Crippen LogP contribution is -2.42. The van der Waals surface area contributed by atoms with Crippen molar-refractivity contribution in [1.82, 2.24) is 20.1 Å². The predicted molar refractivity (Wildman–Crippen MR) is 81.5 cm³/mol. The minimum atomic E-state index is -0.402. The van der Waals surface area contributed by atoms with Crippen LogP contribution in [0.15, 0.2) is 0 Å². The van der Waals surface area contributed by atoms with Gasteiger partial charge in [-0.05, 0) is 32.1 Å². The summed E-state index contributed by atoms with van der Waals surface area (Å²) in [7, 11) is 0. The SMILES string of the molecule is CC(=O)N1CCC[C@@H]1C(=O)Nc1nc(N2CCCCC2)n[nH]1. The second-order valence-electron chi connectivity index (χ2n) is 5.89. The number of rotatable bonds is 3. The number of carbonyl (C=O) groups is 2. The summed E-state index contributed by atoms with van der Waals surface area (Å²) in [5.41, 5.74) is 0. The van der Waals surface area contributed by atoms with Gasteiger partial charge in [-0.3, -0.25) is 14.9 Å². The number of H-pyrrole nitrogens is 1. The second-order valence-corrected chi connectivity index (χ2v) is 5.89. The van der Waals surface area contributed by atoms with Crippen molar-refractivity contribution in [2.45, 2.75) is 45.1 Å². The van der Waals surface area contributed by atoms with Crippen LogP contribution in [0.3, 0.4) is 0 Å². The maximum atomic E-state index is 12.3. The predicted octanol–water partition coefficient (Wildman–Crippen LogP) is 0.744. The van der Waals surface area contributed by atoms with Crippen LogP contribution in [0.25, 0.3) is 0 Å². The fraction of sp³-hybridized carbons (Fsp3) is 0.714. The number of aromatic nitrogens is 3. The van der Waals surface area contributed by atoms with Gasteiger partial charge in [0.05, 0.1) is 0 Å². The van der Waals surface area contributed by atoms with E-state index >= 15 is 0 Å². The van der Waals surface area contributed by atoms with Crippen molar-refractivity contribution in [3.63, 3.8) is 0 Å². The van der Waals surface area contributed by atoms with Gasteiger partial charge in [-0.25, -0.2) is 5.10 Å². The van der Waals surface area contributed by atoms with Gasteiger partial charge in [0.2, 0.25) is 23.7 Å². The van der Waals surface area contributed by atoms with E-state index in [1.165, 1.54) is 13.3 Å². The summed E-state index contributed by atoms with van der Waals surface area (Å²) in [6.07, 6.45) is 5.08. The maximum absolute atomic E-state index is 12.3. The van der Waals surface area contributed by atoms with E-state index in [0.717, 1.165) is 32.4 Å². The molecule has 2 amide bonds. The van der Waals surface area contributed by atoms with E-state index in [1.54, 1.807) is 4.90 Å². The average Bonchev–Trinajstić information content (AvgIpc) is 3.17. The van der Waals surface area contributed by atoms with Gasteiger partial charge in [0, 0.05) is 26.6 Å². The minimum Gasteiger partial charge on any atom is -0.340 e. The Labute approximate surface area is 129 Å². The highest BCUT2D eigenvalue weighted by molar-refractivity contribution is 5.96. The first-order valence-electron chi connectivity index (χ1n) is 7.90. The Bertz CT molecular complexity index is 551. The molecule has 8 heteroatoms. The van der Waals surface area contributed by atoms with E-state index in [4.69, 9.17) is 0 Å². The number of hydrogen-bond donors (Lipinski definition) is 2. The number of piperidine rings is 1. The molecule has 0 saturated carbocycles. The van der Waals surface area contributed by atoms with E-state index in [0.29, 0.717) is 24.9 Å². The fourth-order valence-corrected chi connectivity index (χ4v) is 3.16. The van der Waals surface area contributed by atoms with Crippen LogP contribution in [0.2, 0.25) is 0 Å². The van der Waals surface area contributed by atoms with Crippen molar-refractivity contribution in [3.8, 4) is 0 Å². The molecule has 22 heavy (non-hydrogen) atoms. The van der Waals surface area contributed by atoms with Crippen LogP contribution >= 0.6 is 0 Å². The summed E-state index contributed by atoms with van der Waals surface area (Å²) < 4.78 is 0. The molecular formula is C14H22N6O2. The standard InChI is InChI=1S/C14H22N6O2/c1-10(21)20-9-5-6-11(20)12(22)15-13-16-14(18-17-13)19-7-3-2-4-8-19/h11H,2-9H2,1H3,(H2,15,16,17,18,22)/t11-/m1/s1. The molecule has 1 aromatic heterocycles. The number of hydrogen-bond acceptors (Lipinski definition) is 5. The zero-order valence-electron chi connectivity index (χ0n) is 12.8. The first-order chi connectivity index (χ1) is 10.6. The molecule has 2 aliphatic heterocycles. The molecule has 0 bridgehead atoms. The molecule has 2 saturated heterocycles. The summed E-state index contributed by atoms with van der Waals surface area (Å²) >= 11 is 0. The van der Waals surface area contributed by atoms with Gasteiger partial charge in [0.25, 0.3) is 0 Å². The quantitative estimate of drug-likeness (QED) is 0.859. The normalized spacial score (nSPS) is 22.0. The third-order valence-corrected chi connectivity index (χ3v) is 4.31. The van der Waals surface area contributed by atoms with Crippen molar-refractivity contribution in [3.05, 3.63) is 0 Å². The molecule has 2 N–H and O–H groups in total. The number of nitrogens with zero attached hydrogens (tertiary/aromatic N) is 4. The molecule has 3 heterocycles. The van der Waals surface area contributed by atoms with Gasteiger partial charge in [0.15, 0.2) is 0 Å². The van der Waals surface area contributed by atoms with Gasteiger partial charge in [-0.15, -0.1) is 5.10 Å². The summed E-state index contributed by atoms with van der Waals surface area (Å²) in [6.45, 7) is 4.04. The van der Waals surface area contributed by atoms with Crippen LogP contribution in [0.5, 0.6) is 0 Å². The third kappa shape index (κ3) is 3.05. The molecule has 0 aliphatic carbocycles.